The summed E-state index contributed by atoms with van der Waals surface area (Å²) in [5, 5.41) is 8.56. The standard InChI is InChI=1S/C24H31N5O/c1-16-9-8-12-29(14-16)15-17(2)25-24(30)20-13-21(19-10-6-5-7-11-19)26-23-22(20)18(3)27-28(23)4/h5-7,10-11,13,16-17H,8-9,12,14-15H2,1-4H3,(H,25,30). The van der Waals surface area contributed by atoms with Crippen molar-refractivity contribution in [1.82, 2.24) is 25.0 Å². The van der Waals surface area contributed by atoms with Crippen molar-refractivity contribution in [3.05, 3.63) is 47.7 Å². The molecule has 0 aliphatic carbocycles. The van der Waals surface area contributed by atoms with Gasteiger partial charge in [-0.3, -0.25) is 9.48 Å². The van der Waals surface area contributed by atoms with Gasteiger partial charge in [-0.05, 0) is 45.2 Å². The Morgan fingerprint density at radius 1 is 1.30 bits per heavy atom. The summed E-state index contributed by atoms with van der Waals surface area (Å²) >= 11 is 0. The molecule has 30 heavy (non-hydrogen) atoms. The van der Waals surface area contributed by atoms with Crippen LogP contribution in [-0.4, -0.2) is 51.2 Å². The molecule has 158 valence electrons. The zero-order chi connectivity index (χ0) is 21.3. The molecule has 2 unspecified atom stereocenters. The first-order chi connectivity index (χ1) is 14.4. The van der Waals surface area contributed by atoms with Gasteiger partial charge in [0.1, 0.15) is 0 Å². The number of hydrogen-bond acceptors (Lipinski definition) is 4. The molecule has 1 N–H and O–H groups in total. The van der Waals surface area contributed by atoms with Crippen LogP contribution in [0.2, 0.25) is 0 Å². The molecule has 0 spiro atoms. The zero-order valence-corrected chi connectivity index (χ0v) is 18.4. The van der Waals surface area contributed by atoms with Crippen molar-refractivity contribution in [3.8, 4) is 11.3 Å². The number of nitrogens with one attached hydrogen (secondary N) is 1. The summed E-state index contributed by atoms with van der Waals surface area (Å²) in [4.78, 5) is 20.6. The fourth-order valence-electron chi connectivity index (χ4n) is 4.57. The van der Waals surface area contributed by atoms with E-state index in [4.69, 9.17) is 4.98 Å². The first kappa shape index (κ1) is 20.5. The maximum absolute atomic E-state index is 13.3. The fourth-order valence-corrected chi connectivity index (χ4v) is 4.57. The monoisotopic (exact) mass is 405 g/mol. The Bertz CT molecular complexity index is 1040. The summed E-state index contributed by atoms with van der Waals surface area (Å²) in [6.07, 6.45) is 2.54. The van der Waals surface area contributed by atoms with E-state index in [-0.39, 0.29) is 11.9 Å². The highest BCUT2D eigenvalue weighted by Crippen LogP contribution is 2.27. The number of piperidine rings is 1. The van der Waals surface area contributed by atoms with E-state index in [9.17, 15) is 4.79 Å². The number of hydrogen-bond donors (Lipinski definition) is 1. The molecular formula is C24H31N5O. The number of aromatic nitrogens is 3. The average Bonchev–Trinajstić information content (AvgIpc) is 3.01. The van der Waals surface area contributed by atoms with Crippen LogP contribution in [0.25, 0.3) is 22.3 Å². The van der Waals surface area contributed by atoms with Crippen molar-refractivity contribution >= 4 is 16.9 Å². The minimum absolute atomic E-state index is 0.0618. The lowest BCUT2D eigenvalue weighted by Gasteiger charge is -2.32. The third kappa shape index (κ3) is 4.24. The van der Waals surface area contributed by atoms with E-state index in [1.165, 1.54) is 12.8 Å². The number of aryl methyl sites for hydroxylation is 2. The first-order valence-electron chi connectivity index (χ1n) is 10.9. The summed E-state index contributed by atoms with van der Waals surface area (Å²) in [5.74, 6) is 0.668. The summed E-state index contributed by atoms with van der Waals surface area (Å²) in [5.41, 5.74) is 3.97. The van der Waals surface area contributed by atoms with Gasteiger partial charge in [0, 0.05) is 31.7 Å². The van der Waals surface area contributed by atoms with Crippen LogP contribution < -0.4 is 5.32 Å². The van der Waals surface area contributed by atoms with Crippen molar-refractivity contribution < 1.29 is 4.79 Å². The van der Waals surface area contributed by atoms with Crippen molar-refractivity contribution in [1.29, 1.82) is 0 Å². The molecule has 2 aromatic heterocycles. The number of likely N-dealkylation sites (tertiary alicyclic amines) is 1. The van der Waals surface area contributed by atoms with Gasteiger partial charge in [-0.15, -0.1) is 0 Å². The number of carbonyl (C=O) groups excluding carboxylic acids is 1. The number of carbonyl (C=O) groups is 1. The lowest BCUT2D eigenvalue weighted by atomic mass is 10.00. The SMILES string of the molecule is Cc1nn(C)c2nc(-c3ccccc3)cc(C(=O)NC(C)CN3CCCC(C)C3)c12. The molecular weight excluding hydrogens is 374 g/mol. The van der Waals surface area contributed by atoms with Crippen LogP contribution in [0.15, 0.2) is 36.4 Å². The van der Waals surface area contributed by atoms with Crippen LogP contribution in [0.3, 0.4) is 0 Å². The highest BCUT2D eigenvalue weighted by molar-refractivity contribution is 6.07. The molecule has 4 rings (SSSR count). The summed E-state index contributed by atoms with van der Waals surface area (Å²) < 4.78 is 1.76. The van der Waals surface area contributed by atoms with Crippen molar-refractivity contribution in [2.45, 2.75) is 39.7 Å². The maximum atomic E-state index is 13.3. The number of amides is 1. The molecule has 0 saturated carbocycles. The van der Waals surface area contributed by atoms with Gasteiger partial charge in [0.25, 0.3) is 5.91 Å². The summed E-state index contributed by atoms with van der Waals surface area (Å²) in [7, 11) is 1.87. The van der Waals surface area contributed by atoms with Crippen LogP contribution in [0, 0.1) is 12.8 Å². The average molecular weight is 406 g/mol. The third-order valence-electron chi connectivity index (χ3n) is 5.93. The molecule has 3 heterocycles. The van der Waals surface area contributed by atoms with Crippen LogP contribution in [-0.2, 0) is 7.05 Å². The molecule has 0 radical (unpaired) electrons. The molecule has 6 nitrogen and oxygen atoms in total. The van der Waals surface area contributed by atoms with Crippen molar-refractivity contribution in [3.63, 3.8) is 0 Å². The molecule has 3 aromatic rings. The highest BCUT2D eigenvalue weighted by Gasteiger charge is 2.22. The first-order valence-corrected chi connectivity index (χ1v) is 10.9. The molecule has 6 heteroatoms. The Morgan fingerprint density at radius 2 is 2.07 bits per heavy atom. The van der Waals surface area contributed by atoms with Crippen LogP contribution in [0.4, 0.5) is 0 Å². The molecule has 1 aliphatic rings. The van der Waals surface area contributed by atoms with Crippen LogP contribution in [0.5, 0.6) is 0 Å². The van der Waals surface area contributed by atoms with Crippen LogP contribution >= 0.6 is 0 Å². The third-order valence-corrected chi connectivity index (χ3v) is 5.93. The van der Waals surface area contributed by atoms with Gasteiger partial charge < -0.3 is 10.2 Å². The number of benzene rings is 1. The van der Waals surface area contributed by atoms with E-state index in [1.807, 2.05) is 50.4 Å². The van der Waals surface area contributed by atoms with Gasteiger partial charge in [-0.25, -0.2) is 4.98 Å². The molecule has 1 aliphatic heterocycles. The molecule has 1 amide bonds. The Kier molecular flexibility index (Phi) is 5.86. The largest absolute Gasteiger partial charge is 0.348 e. The lowest BCUT2D eigenvalue weighted by molar-refractivity contribution is 0.0921. The minimum Gasteiger partial charge on any atom is -0.348 e. The molecule has 1 aromatic carbocycles. The predicted molar refractivity (Wildman–Crippen MR) is 120 cm³/mol. The smallest absolute Gasteiger partial charge is 0.252 e. The molecule has 1 saturated heterocycles. The molecule has 2 atom stereocenters. The quantitative estimate of drug-likeness (QED) is 0.701. The molecule has 0 bridgehead atoms. The fraction of sp³-hybridized carbons (Fsp3) is 0.458. The number of fused-ring (bicyclic) bond motifs is 1. The topological polar surface area (TPSA) is 63.1 Å². The second-order valence-corrected chi connectivity index (χ2v) is 8.71. The minimum atomic E-state index is -0.0618. The predicted octanol–water partition coefficient (Wildman–Crippen LogP) is 3.79. The Labute approximate surface area is 178 Å². The second-order valence-electron chi connectivity index (χ2n) is 8.71. The van der Waals surface area contributed by atoms with Gasteiger partial charge >= 0.3 is 0 Å². The zero-order valence-electron chi connectivity index (χ0n) is 18.4. The van der Waals surface area contributed by atoms with Gasteiger partial charge in [0.2, 0.25) is 0 Å². The number of nitrogens with zero attached hydrogens (tertiary/aromatic N) is 4. The van der Waals surface area contributed by atoms with Crippen molar-refractivity contribution in [2.24, 2.45) is 13.0 Å². The van der Waals surface area contributed by atoms with E-state index in [0.717, 1.165) is 53.5 Å². The Hall–Kier alpha value is -2.73. The Balaban J connectivity index is 1.62. The number of rotatable bonds is 5. The summed E-state index contributed by atoms with van der Waals surface area (Å²) in [6.45, 7) is 9.43. The van der Waals surface area contributed by atoms with Gasteiger partial charge in [-0.1, -0.05) is 37.3 Å². The van der Waals surface area contributed by atoms with Gasteiger partial charge in [-0.2, -0.15) is 5.10 Å². The normalized spacial score (nSPS) is 18.5. The van der Waals surface area contributed by atoms with Gasteiger partial charge in [0.05, 0.1) is 22.3 Å². The van der Waals surface area contributed by atoms with Gasteiger partial charge in [0.15, 0.2) is 5.65 Å². The molecule has 1 fully saturated rings. The maximum Gasteiger partial charge on any atom is 0.252 e. The van der Waals surface area contributed by atoms with E-state index in [1.54, 1.807) is 4.68 Å². The van der Waals surface area contributed by atoms with E-state index >= 15 is 0 Å². The number of pyridine rings is 1. The van der Waals surface area contributed by atoms with E-state index < -0.39 is 0 Å². The summed E-state index contributed by atoms with van der Waals surface area (Å²) in [6, 6.07) is 11.9. The van der Waals surface area contributed by atoms with E-state index in [2.05, 4.69) is 29.2 Å². The van der Waals surface area contributed by atoms with Crippen molar-refractivity contribution in [2.75, 3.05) is 19.6 Å². The lowest BCUT2D eigenvalue weighted by Crippen LogP contribution is -2.45. The van der Waals surface area contributed by atoms with Crippen LogP contribution in [0.1, 0.15) is 42.7 Å². The van der Waals surface area contributed by atoms with E-state index in [0.29, 0.717) is 5.56 Å². The Morgan fingerprint density at radius 3 is 2.80 bits per heavy atom. The second kappa shape index (κ2) is 8.56. The highest BCUT2D eigenvalue weighted by atomic mass is 16.1.